The molecule has 0 saturated heterocycles. The van der Waals surface area contributed by atoms with Crippen LogP contribution in [0.2, 0.25) is 5.02 Å². The van der Waals surface area contributed by atoms with Gasteiger partial charge in [-0.15, -0.1) is 0 Å². The van der Waals surface area contributed by atoms with E-state index in [0.29, 0.717) is 5.76 Å². The van der Waals surface area contributed by atoms with E-state index in [1.807, 2.05) is 0 Å². The molecule has 0 aliphatic rings. The van der Waals surface area contributed by atoms with Crippen LogP contribution < -0.4 is 4.72 Å². The van der Waals surface area contributed by atoms with Crippen molar-refractivity contribution in [1.82, 2.24) is 4.72 Å². The minimum absolute atomic E-state index is 0.0264. The first-order chi connectivity index (χ1) is 9.94. The van der Waals surface area contributed by atoms with E-state index in [2.05, 4.69) is 4.72 Å². The first-order valence-electron chi connectivity index (χ1n) is 5.95. The highest BCUT2D eigenvalue weighted by Gasteiger charge is 2.20. The highest BCUT2D eigenvalue weighted by molar-refractivity contribution is 7.89. The smallest absolute Gasteiger partial charge is 0.240 e. The molecular formula is C13H13ClFNO4S. The Labute approximate surface area is 126 Å². The molecule has 0 aliphatic carbocycles. The van der Waals surface area contributed by atoms with Crippen molar-refractivity contribution in [3.63, 3.8) is 0 Å². The van der Waals surface area contributed by atoms with Gasteiger partial charge in [-0.3, -0.25) is 0 Å². The van der Waals surface area contributed by atoms with Crippen LogP contribution in [0.4, 0.5) is 4.39 Å². The summed E-state index contributed by atoms with van der Waals surface area (Å²) in [6, 6.07) is 6.54. The Hall–Kier alpha value is -1.41. The van der Waals surface area contributed by atoms with Crippen molar-refractivity contribution in [3.05, 3.63) is 53.2 Å². The van der Waals surface area contributed by atoms with E-state index >= 15 is 0 Å². The van der Waals surface area contributed by atoms with Crippen LogP contribution in [0.15, 0.2) is 45.9 Å². The maximum absolute atomic E-state index is 13.1. The summed E-state index contributed by atoms with van der Waals surface area (Å²) in [7, 11) is -2.38. The lowest BCUT2D eigenvalue weighted by molar-refractivity contribution is 0.0878. The summed E-state index contributed by atoms with van der Waals surface area (Å²) in [5.74, 6) is -0.182. The van der Waals surface area contributed by atoms with Crippen LogP contribution in [0, 0.1) is 5.82 Å². The molecule has 0 bridgehead atoms. The number of nitrogens with one attached hydrogen (secondary N) is 1. The molecule has 1 aromatic carbocycles. The van der Waals surface area contributed by atoms with Crippen molar-refractivity contribution in [2.45, 2.75) is 11.0 Å². The Bertz CT molecular complexity index is 703. The van der Waals surface area contributed by atoms with Crippen LogP contribution in [-0.2, 0) is 14.8 Å². The average Bonchev–Trinajstić information content (AvgIpc) is 2.96. The number of benzene rings is 1. The summed E-state index contributed by atoms with van der Waals surface area (Å²) in [5.41, 5.74) is 0. The number of sulfonamides is 1. The maximum atomic E-state index is 13.1. The first kappa shape index (κ1) is 16.0. The third kappa shape index (κ3) is 3.82. The highest BCUT2D eigenvalue weighted by atomic mass is 35.5. The van der Waals surface area contributed by atoms with Crippen molar-refractivity contribution in [1.29, 1.82) is 0 Å². The largest absolute Gasteiger partial charge is 0.467 e. The highest BCUT2D eigenvalue weighted by Crippen LogP contribution is 2.20. The monoisotopic (exact) mass is 333 g/mol. The van der Waals surface area contributed by atoms with Crippen LogP contribution in [0.1, 0.15) is 11.9 Å². The molecule has 0 aliphatic heterocycles. The Kier molecular flexibility index (Phi) is 5.00. The third-order valence-electron chi connectivity index (χ3n) is 2.81. The third-order valence-corrected chi connectivity index (χ3v) is 4.52. The summed E-state index contributed by atoms with van der Waals surface area (Å²) in [5, 5.41) is -0.257. The lowest BCUT2D eigenvalue weighted by Crippen LogP contribution is -2.29. The molecule has 0 amide bonds. The second kappa shape index (κ2) is 6.57. The Morgan fingerprint density at radius 2 is 2.19 bits per heavy atom. The van der Waals surface area contributed by atoms with Crippen LogP contribution in [0.5, 0.6) is 0 Å². The van der Waals surface area contributed by atoms with E-state index in [0.717, 1.165) is 18.2 Å². The standard InChI is InChI=1S/C13H13ClFNO4S/c1-19-13(12-3-2-6-20-12)8-16-21(17,18)9-4-5-11(15)10(14)7-9/h2-7,13,16H,8H2,1H3/t13-/m1/s1. The van der Waals surface area contributed by atoms with E-state index in [1.165, 1.54) is 13.4 Å². The fraction of sp³-hybridized carbons (Fsp3) is 0.231. The van der Waals surface area contributed by atoms with Gasteiger partial charge in [0.1, 0.15) is 17.7 Å². The minimum atomic E-state index is -3.82. The molecule has 1 atom stereocenters. The molecule has 0 radical (unpaired) electrons. The van der Waals surface area contributed by atoms with Gasteiger partial charge in [0.25, 0.3) is 0 Å². The topological polar surface area (TPSA) is 68.5 Å². The SMILES string of the molecule is CO[C@H](CNS(=O)(=O)c1ccc(F)c(Cl)c1)c1ccco1. The van der Waals surface area contributed by atoms with Gasteiger partial charge in [-0.1, -0.05) is 11.6 Å². The summed E-state index contributed by atoms with van der Waals surface area (Å²) in [6.07, 6.45) is 0.904. The molecule has 0 saturated carbocycles. The second-order valence-corrected chi connectivity index (χ2v) is 6.34. The van der Waals surface area contributed by atoms with Gasteiger partial charge in [-0.2, -0.15) is 0 Å². The molecule has 5 nitrogen and oxygen atoms in total. The van der Waals surface area contributed by atoms with Crippen molar-refractivity contribution in [2.75, 3.05) is 13.7 Å². The van der Waals surface area contributed by atoms with Crippen LogP contribution in [0.3, 0.4) is 0 Å². The minimum Gasteiger partial charge on any atom is -0.467 e. The Morgan fingerprint density at radius 3 is 2.76 bits per heavy atom. The van der Waals surface area contributed by atoms with E-state index < -0.39 is 21.9 Å². The average molecular weight is 334 g/mol. The maximum Gasteiger partial charge on any atom is 0.240 e. The molecule has 0 fully saturated rings. The molecule has 0 spiro atoms. The fourth-order valence-electron chi connectivity index (χ4n) is 1.69. The number of methoxy groups -OCH3 is 1. The number of ether oxygens (including phenoxy) is 1. The molecule has 21 heavy (non-hydrogen) atoms. The number of halogens is 2. The first-order valence-corrected chi connectivity index (χ1v) is 7.81. The Morgan fingerprint density at radius 1 is 1.43 bits per heavy atom. The van der Waals surface area contributed by atoms with Gasteiger partial charge in [0.15, 0.2) is 0 Å². The van der Waals surface area contributed by atoms with Gasteiger partial charge in [0.2, 0.25) is 10.0 Å². The number of hydrogen-bond donors (Lipinski definition) is 1. The molecule has 114 valence electrons. The van der Waals surface area contributed by atoms with Gasteiger partial charge < -0.3 is 9.15 Å². The van der Waals surface area contributed by atoms with Crippen molar-refractivity contribution >= 4 is 21.6 Å². The van der Waals surface area contributed by atoms with Crippen molar-refractivity contribution < 1.29 is 22.0 Å². The van der Waals surface area contributed by atoms with Crippen LogP contribution in [-0.4, -0.2) is 22.1 Å². The zero-order valence-electron chi connectivity index (χ0n) is 11.0. The quantitative estimate of drug-likeness (QED) is 0.882. The normalized spacial score (nSPS) is 13.3. The molecule has 0 unspecified atom stereocenters. The van der Waals surface area contributed by atoms with Gasteiger partial charge in [-0.05, 0) is 30.3 Å². The molecule has 1 heterocycles. The molecule has 2 rings (SSSR count). The van der Waals surface area contributed by atoms with Gasteiger partial charge in [0.05, 0.1) is 16.2 Å². The molecular weight excluding hydrogens is 321 g/mol. The van der Waals surface area contributed by atoms with Gasteiger partial charge in [-0.25, -0.2) is 17.5 Å². The van der Waals surface area contributed by atoms with Gasteiger partial charge in [0, 0.05) is 13.7 Å². The van der Waals surface area contributed by atoms with Crippen LogP contribution >= 0.6 is 11.6 Å². The molecule has 2 aromatic rings. The molecule has 8 heteroatoms. The predicted octanol–water partition coefficient (Wildman–Crippen LogP) is 2.74. The van der Waals surface area contributed by atoms with Crippen molar-refractivity contribution in [2.24, 2.45) is 0 Å². The van der Waals surface area contributed by atoms with E-state index in [1.54, 1.807) is 12.1 Å². The number of furan rings is 1. The lowest BCUT2D eigenvalue weighted by Gasteiger charge is -2.14. The van der Waals surface area contributed by atoms with E-state index in [9.17, 15) is 12.8 Å². The number of rotatable bonds is 6. The zero-order chi connectivity index (χ0) is 15.5. The fourth-order valence-corrected chi connectivity index (χ4v) is 2.99. The second-order valence-electron chi connectivity index (χ2n) is 4.17. The molecule has 1 N–H and O–H groups in total. The van der Waals surface area contributed by atoms with Crippen LogP contribution in [0.25, 0.3) is 0 Å². The van der Waals surface area contributed by atoms with E-state index in [-0.39, 0.29) is 16.5 Å². The van der Waals surface area contributed by atoms with E-state index in [4.69, 9.17) is 20.8 Å². The summed E-state index contributed by atoms with van der Waals surface area (Å²) >= 11 is 5.58. The molecule has 1 aromatic heterocycles. The lowest BCUT2D eigenvalue weighted by atomic mass is 10.3. The predicted molar refractivity (Wildman–Crippen MR) is 75.1 cm³/mol. The summed E-state index contributed by atoms with van der Waals surface area (Å²) in [4.78, 5) is -0.122. The zero-order valence-corrected chi connectivity index (χ0v) is 12.6. The Balaban J connectivity index is 2.12. The van der Waals surface area contributed by atoms with Gasteiger partial charge >= 0.3 is 0 Å². The number of hydrogen-bond acceptors (Lipinski definition) is 4. The summed E-state index contributed by atoms with van der Waals surface area (Å²) in [6.45, 7) is -0.0264. The van der Waals surface area contributed by atoms with Crippen molar-refractivity contribution in [3.8, 4) is 0 Å². The summed E-state index contributed by atoms with van der Waals surface area (Å²) < 4.78 is 50.0.